The standard InChI is InChI=1S/C13H17Cl2N3S/c1-3-17(4-2)5-6-18-12-8-10(15)9(14)7-11(12)16-13(18)19/h7-8H,3-6H2,1-2H3,(H,16,19). The summed E-state index contributed by atoms with van der Waals surface area (Å²) in [6, 6.07) is 3.69. The largest absolute Gasteiger partial charge is 0.331 e. The molecule has 0 aliphatic heterocycles. The van der Waals surface area contributed by atoms with E-state index in [0.717, 1.165) is 37.2 Å². The van der Waals surface area contributed by atoms with Gasteiger partial charge in [0.2, 0.25) is 0 Å². The van der Waals surface area contributed by atoms with Gasteiger partial charge in [-0.05, 0) is 37.4 Å². The van der Waals surface area contributed by atoms with Gasteiger partial charge in [-0.2, -0.15) is 0 Å². The Morgan fingerprint density at radius 3 is 2.47 bits per heavy atom. The SMILES string of the molecule is CCN(CC)CCn1c(=S)[nH]c2cc(Cl)c(Cl)cc21. The minimum atomic E-state index is 0.543. The van der Waals surface area contributed by atoms with E-state index < -0.39 is 0 Å². The maximum absolute atomic E-state index is 6.08. The molecule has 2 rings (SSSR count). The van der Waals surface area contributed by atoms with Crippen molar-refractivity contribution in [3.05, 3.63) is 26.9 Å². The molecule has 0 bridgehead atoms. The molecule has 0 saturated heterocycles. The normalized spacial score (nSPS) is 11.6. The van der Waals surface area contributed by atoms with Gasteiger partial charge in [0, 0.05) is 13.1 Å². The summed E-state index contributed by atoms with van der Waals surface area (Å²) in [5.41, 5.74) is 1.94. The lowest BCUT2D eigenvalue weighted by atomic mass is 10.3. The van der Waals surface area contributed by atoms with Crippen LogP contribution < -0.4 is 0 Å². The molecule has 0 fully saturated rings. The highest BCUT2D eigenvalue weighted by Crippen LogP contribution is 2.27. The Hall–Kier alpha value is -0.550. The Labute approximate surface area is 128 Å². The lowest BCUT2D eigenvalue weighted by Crippen LogP contribution is -2.27. The van der Waals surface area contributed by atoms with Crippen molar-refractivity contribution in [1.29, 1.82) is 0 Å². The van der Waals surface area contributed by atoms with Crippen molar-refractivity contribution in [2.75, 3.05) is 19.6 Å². The molecule has 1 aromatic heterocycles. The number of imidazole rings is 1. The van der Waals surface area contributed by atoms with Crippen LogP contribution in [0.4, 0.5) is 0 Å². The fourth-order valence-electron chi connectivity index (χ4n) is 2.16. The number of hydrogen-bond acceptors (Lipinski definition) is 2. The molecule has 1 N–H and O–H groups in total. The molecule has 0 atom stereocenters. The predicted molar refractivity (Wildman–Crippen MR) is 84.9 cm³/mol. The van der Waals surface area contributed by atoms with Crippen molar-refractivity contribution in [2.45, 2.75) is 20.4 Å². The third-order valence-corrected chi connectivity index (χ3v) is 4.40. The maximum atomic E-state index is 6.08. The second kappa shape index (κ2) is 6.27. The molecule has 0 aliphatic rings. The first-order chi connectivity index (χ1) is 9.06. The van der Waals surface area contributed by atoms with Crippen LogP contribution in [0.1, 0.15) is 13.8 Å². The summed E-state index contributed by atoms with van der Waals surface area (Å²) in [7, 11) is 0. The molecule has 19 heavy (non-hydrogen) atoms. The summed E-state index contributed by atoms with van der Waals surface area (Å²) in [4.78, 5) is 5.53. The number of H-pyrrole nitrogens is 1. The van der Waals surface area contributed by atoms with E-state index in [1.165, 1.54) is 0 Å². The zero-order valence-electron chi connectivity index (χ0n) is 11.0. The van der Waals surface area contributed by atoms with Crippen LogP contribution in [0.25, 0.3) is 11.0 Å². The number of fused-ring (bicyclic) bond motifs is 1. The molecule has 0 amide bonds. The van der Waals surface area contributed by atoms with Gasteiger partial charge in [-0.25, -0.2) is 0 Å². The zero-order valence-corrected chi connectivity index (χ0v) is 13.4. The second-order valence-electron chi connectivity index (χ2n) is 4.39. The lowest BCUT2D eigenvalue weighted by molar-refractivity contribution is 0.291. The molecule has 0 saturated carbocycles. The molecule has 1 aromatic carbocycles. The van der Waals surface area contributed by atoms with Crippen molar-refractivity contribution in [1.82, 2.24) is 14.5 Å². The minimum absolute atomic E-state index is 0.543. The molecular weight excluding hydrogens is 301 g/mol. The third kappa shape index (κ3) is 3.14. The van der Waals surface area contributed by atoms with Gasteiger partial charge in [0.15, 0.2) is 4.77 Å². The number of aromatic amines is 1. The molecule has 0 spiro atoms. The van der Waals surface area contributed by atoms with Crippen molar-refractivity contribution in [2.24, 2.45) is 0 Å². The summed E-state index contributed by atoms with van der Waals surface area (Å²) in [6.07, 6.45) is 0. The molecule has 0 aliphatic carbocycles. The van der Waals surface area contributed by atoms with Gasteiger partial charge in [0.1, 0.15) is 0 Å². The van der Waals surface area contributed by atoms with Gasteiger partial charge in [0.25, 0.3) is 0 Å². The first-order valence-electron chi connectivity index (χ1n) is 6.36. The quantitative estimate of drug-likeness (QED) is 0.829. The third-order valence-electron chi connectivity index (χ3n) is 3.35. The van der Waals surface area contributed by atoms with Gasteiger partial charge < -0.3 is 14.5 Å². The fourth-order valence-corrected chi connectivity index (χ4v) is 2.78. The first kappa shape index (κ1) is 14.9. The summed E-state index contributed by atoms with van der Waals surface area (Å²) < 4.78 is 2.78. The van der Waals surface area contributed by atoms with E-state index in [9.17, 15) is 0 Å². The van der Waals surface area contributed by atoms with Crippen LogP contribution in [0.2, 0.25) is 10.0 Å². The van der Waals surface area contributed by atoms with Crippen LogP contribution in [0, 0.1) is 4.77 Å². The second-order valence-corrected chi connectivity index (χ2v) is 5.59. The van der Waals surface area contributed by atoms with E-state index in [1.807, 2.05) is 12.1 Å². The number of halogens is 2. The van der Waals surface area contributed by atoms with Gasteiger partial charge in [-0.3, -0.25) is 0 Å². The molecule has 1 heterocycles. The Balaban J connectivity index is 2.35. The van der Waals surface area contributed by atoms with Crippen LogP contribution in [-0.2, 0) is 6.54 Å². The minimum Gasteiger partial charge on any atom is -0.331 e. The highest BCUT2D eigenvalue weighted by atomic mass is 35.5. The predicted octanol–water partition coefficient (Wildman–Crippen LogP) is 4.35. The van der Waals surface area contributed by atoms with Crippen molar-refractivity contribution < 1.29 is 0 Å². The van der Waals surface area contributed by atoms with Crippen LogP contribution in [0.3, 0.4) is 0 Å². The van der Waals surface area contributed by atoms with E-state index in [1.54, 1.807) is 0 Å². The molecule has 0 unspecified atom stereocenters. The molecule has 6 heteroatoms. The molecule has 0 radical (unpaired) electrons. The molecule has 3 nitrogen and oxygen atoms in total. The summed E-state index contributed by atoms with van der Waals surface area (Å²) in [5, 5.41) is 1.10. The number of rotatable bonds is 5. The highest BCUT2D eigenvalue weighted by Gasteiger charge is 2.09. The molecule has 104 valence electrons. The topological polar surface area (TPSA) is 24.0 Å². The number of likely N-dealkylation sites (N-methyl/N-ethyl adjacent to an activating group) is 1. The van der Waals surface area contributed by atoms with E-state index in [4.69, 9.17) is 35.4 Å². The Kier molecular flexibility index (Phi) is 4.90. The molecule has 2 aromatic rings. The molecular formula is C13H17Cl2N3S. The fraction of sp³-hybridized carbons (Fsp3) is 0.462. The number of nitrogens with one attached hydrogen (secondary N) is 1. The lowest BCUT2D eigenvalue weighted by Gasteiger charge is -2.18. The average molecular weight is 318 g/mol. The van der Waals surface area contributed by atoms with Gasteiger partial charge in [-0.1, -0.05) is 37.0 Å². The van der Waals surface area contributed by atoms with Crippen molar-refractivity contribution >= 4 is 46.5 Å². The summed E-state index contributed by atoms with van der Waals surface area (Å²) in [6.45, 7) is 8.22. The van der Waals surface area contributed by atoms with Gasteiger partial charge >= 0.3 is 0 Å². The van der Waals surface area contributed by atoms with Crippen LogP contribution >= 0.6 is 35.4 Å². The number of aromatic nitrogens is 2. The number of benzene rings is 1. The van der Waals surface area contributed by atoms with Crippen molar-refractivity contribution in [3.8, 4) is 0 Å². The van der Waals surface area contributed by atoms with Crippen LogP contribution in [-0.4, -0.2) is 34.1 Å². The number of nitrogens with zero attached hydrogens (tertiary/aromatic N) is 2. The number of hydrogen-bond donors (Lipinski definition) is 1. The van der Waals surface area contributed by atoms with E-state index in [2.05, 4.69) is 28.3 Å². The van der Waals surface area contributed by atoms with E-state index in [-0.39, 0.29) is 0 Å². The van der Waals surface area contributed by atoms with Gasteiger partial charge in [-0.15, -0.1) is 0 Å². The maximum Gasteiger partial charge on any atom is 0.178 e. The van der Waals surface area contributed by atoms with Crippen molar-refractivity contribution in [3.63, 3.8) is 0 Å². The van der Waals surface area contributed by atoms with Crippen LogP contribution in [0.15, 0.2) is 12.1 Å². The monoisotopic (exact) mass is 317 g/mol. The first-order valence-corrected chi connectivity index (χ1v) is 7.53. The van der Waals surface area contributed by atoms with Crippen LogP contribution in [0.5, 0.6) is 0 Å². The smallest absolute Gasteiger partial charge is 0.178 e. The Morgan fingerprint density at radius 1 is 1.21 bits per heavy atom. The van der Waals surface area contributed by atoms with E-state index in [0.29, 0.717) is 14.8 Å². The average Bonchev–Trinajstić information content (AvgIpc) is 2.67. The Bertz CT molecular complexity index is 629. The highest BCUT2D eigenvalue weighted by molar-refractivity contribution is 7.71. The zero-order chi connectivity index (χ0) is 14.0. The van der Waals surface area contributed by atoms with E-state index >= 15 is 0 Å². The Morgan fingerprint density at radius 2 is 1.84 bits per heavy atom. The van der Waals surface area contributed by atoms with Gasteiger partial charge in [0.05, 0.1) is 21.1 Å². The summed E-state index contributed by atoms with van der Waals surface area (Å²) in [5.74, 6) is 0. The summed E-state index contributed by atoms with van der Waals surface area (Å²) >= 11 is 17.5.